The summed E-state index contributed by atoms with van der Waals surface area (Å²) in [4.78, 5) is 22.2. The molecular formula is C14H16N4O. The van der Waals surface area contributed by atoms with Gasteiger partial charge >= 0.3 is 0 Å². The first kappa shape index (κ1) is 13.0. The number of amides is 1. The van der Waals surface area contributed by atoms with Gasteiger partial charge in [0, 0.05) is 18.9 Å². The van der Waals surface area contributed by atoms with E-state index in [1.54, 1.807) is 30.3 Å². The molecule has 0 aliphatic carbocycles. The number of hydrogen-bond acceptors (Lipinski definition) is 4. The molecule has 2 rings (SSSR count). The maximum atomic E-state index is 12.2. The van der Waals surface area contributed by atoms with Crippen LogP contribution in [0.4, 0.5) is 5.69 Å². The van der Waals surface area contributed by atoms with E-state index in [-0.39, 0.29) is 11.6 Å². The molecule has 98 valence electrons. The van der Waals surface area contributed by atoms with Crippen LogP contribution in [0.1, 0.15) is 21.9 Å². The van der Waals surface area contributed by atoms with Crippen LogP contribution in [0.2, 0.25) is 0 Å². The first-order valence-electron chi connectivity index (χ1n) is 5.96. The minimum atomic E-state index is -0.207. The maximum absolute atomic E-state index is 12.2. The minimum Gasteiger partial charge on any atom is -0.397 e. The predicted molar refractivity (Wildman–Crippen MR) is 73.4 cm³/mol. The molecule has 2 heterocycles. The van der Waals surface area contributed by atoms with Gasteiger partial charge in [0.1, 0.15) is 0 Å². The van der Waals surface area contributed by atoms with Crippen molar-refractivity contribution in [1.29, 1.82) is 0 Å². The van der Waals surface area contributed by atoms with E-state index in [4.69, 9.17) is 5.73 Å². The fraction of sp³-hybridized carbons (Fsp3) is 0.214. The highest BCUT2D eigenvalue weighted by Gasteiger charge is 2.16. The number of aromatic nitrogens is 2. The molecule has 0 saturated heterocycles. The Hall–Kier alpha value is -2.43. The van der Waals surface area contributed by atoms with Crippen molar-refractivity contribution in [3.05, 3.63) is 53.6 Å². The van der Waals surface area contributed by atoms with Crippen molar-refractivity contribution >= 4 is 11.6 Å². The number of hydrogen-bond donors (Lipinski definition) is 1. The van der Waals surface area contributed by atoms with Crippen LogP contribution in [0.15, 0.2) is 36.5 Å². The van der Waals surface area contributed by atoms with Crippen LogP contribution in [0.3, 0.4) is 0 Å². The van der Waals surface area contributed by atoms with Gasteiger partial charge in [-0.15, -0.1) is 0 Å². The Kier molecular flexibility index (Phi) is 3.75. The average Bonchev–Trinajstić information content (AvgIpc) is 2.38. The smallest absolute Gasteiger partial charge is 0.274 e. The van der Waals surface area contributed by atoms with Gasteiger partial charge in [-0.25, -0.2) is 4.98 Å². The summed E-state index contributed by atoms with van der Waals surface area (Å²) in [6, 6.07) is 9.10. The summed E-state index contributed by atoms with van der Waals surface area (Å²) in [5.74, 6) is -0.207. The Morgan fingerprint density at radius 2 is 2.11 bits per heavy atom. The molecule has 0 atom stereocenters. The molecule has 0 bridgehead atoms. The standard InChI is InChI=1S/C14H16N4O/c1-10-5-3-6-11(17-10)9-18(2)14(19)13-12(15)7-4-8-16-13/h3-8H,9,15H2,1-2H3. The lowest BCUT2D eigenvalue weighted by Gasteiger charge is -2.17. The molecule has 2 aromatic rings. The van der Waals surface area contributed by atoms with E-state index in [9.17, 15) is 4.79 Å². The summed E-state index contributed by atoms with van der Waals surface area (Å²) in [7, 11) is 1.71. The molecule has 19 heavy (non-hydrogen) atoms. The SMILES string of the molecule is Cc1cccc(CN(C)C(=O)c2ncccc2N)n1. The van der Waals surface area contributed by atoms with Gasteiger partial charge in [-0.2, -0.15) is 0 Å². The predicted octanol–water partition coefficient (Wildman–Crippen LogP) is 1.64. The Bertz CT molecular complexity index is 598. The fourth-order valence-corrected chi connectivity index (χ4v) is 1.78. The Morgan fingerprint density at radius 1 is 1.32 bits per heavy atom. The Morgan fingerprint density at radius 3 is 2.79 bits per heavy atom. The number of carbonyl (C=O) groups excluding carboxylic acids is 1. The van der Waals surface area contributed by atoms with Crippen LogP contribution in [-0.4, -0.2) is 27.8 Å². The first-order valence-corrected chi connectivity index (χ1v) is 5.96. The normalized spacial score (nSPS) is 10.2. The van der Waals surface area contributed by atoms with Crippen LogP contribution >= 0.6 is 0 Å². The average molecular weight is 256 g/mol. The topological polar surface area (TPSA) is 72.1 Å². The second kappa shape index (κ2) is 5.48. The third-order valence-electron chi connectivity index (χ3n) is 2.73. The number of aryl methyl sites for hydroxylation is 1. The molecule has 0 aliphatic rings. The lowest BCUT2D eigenvalue weighted by molar-refractivity contribution is 0.0778. The van der Waals surface area contributed by atoms with Gasteiger partial charge in [0.2, 0.25) is 0 Å². The summed E-state index contributed by atoms with van der Waals surface area (Å²) in [5.41, 5.74) is 8.18. The van der Waals surface area contributed by atoms with E-state index in [2.05, 4.69) is 9.97 Å². The zero-order chi connectivity index (χ0) is 13.8. The molecule has 0 fully saturated rings. The lowest BCUT2D eigenvalue weighted by Crippen LogP contribution is -2.28. The highest BCUT2D eigenvalue weighted by Crippen LogP contribution is 2.11. The highest BCUT2D eigenvalue weighted by atomic mass is 16.2. The third kappa shape index (κ3) is 3.07. The van der Waals surface area contributed by atoms with Crippen LogP contribution in [0.5, 0.6) is 0 Å². The van der Waals surface area contributed by atoms with E-state index in [1.807, 2.05) is 25.1 Å². The van der Waals surface area contributed by atoms with Crippen LogP contribution in [0, 0.1) is 6.92 Å². The van der Waals surface area contributed by atoms with Crippen molar-refractivity contribution in [3.63, 3.8) is 0 Å². The third-order valence-corrected chi connectivity index (χ3v) is 2.73. The van der Waals surface area contributed by atoms with E-state index < -0.39 is 0 Å². The number of carbonyl (C=O) groups is 1. The van der Waals surface area contributed by atoms with Crippen molar-refractivity contribution in [2.75, 3.05) is 12.8 Å². The zero-order valence-corrected chi connectivity index (χ0v) is 11.0. The molecule has 0 spiro atoms. The molecular weight excluding hydrogens is 240 g/mol. The number of nitrogen functional groups attached to an aromatic ring is 1. The Balaban J connectivity index is 2.14. The monoisotopic (exact) mass is 256 g/mol. The van der Waals surface area contributed by atoms with Crippen LogP contribution < -0.4 is 5.73 Å². The summed E-state index contributed by atoms with van der Waals surface area (Å²) >= 11 is 0. The van der Waals surface area contributed by atoms with Crippen LogP contribution in [0.25, 0.3) is 0 Å². The quantitative estimate of drug-likeness (QED) is 0.906. The molecule has 1 amide bonds. The van der Waals surface area contributed by atoms with Gasteiger partial charge in [-0.05, 0) is 31.2 Å². The summed E-state index contributed by atoms with van der Waals surface area (Å²) in [6.45, 7) is 2.35. The summed E-state index contributed by atoms with van der Waals surface area (Å²) in [6.07, 6.45) is 1.56. The minimum absolute atomic E-state index is 0.207. The first-order chi connectivity index (χ1) is 9.08. The molecule has 0 saturated carbocycles. The van der Waals surface area contributed by atoms with Gasteiger partial charge in [-0.1, -0.05) is 6.07 Å². The largest absolute Gasteiger partial charge is 0.397 e. The molecule has 5 nitrogen and oxygen atoms in total. The second-order valence-electron chi connectivity index (χ2n) is 4.37. The summed E-state index contributed by atoms with van der Waals surface area (Å²) < 4.78 is 0. The van der Waals surface area contributed by atoms with E-state index >= 15 is 0 Å². The van der Waals surface area contributed by atoms with Crippen molar-refractivity contribution in [2.24, 2.45) is 0 Å². The van der Waals surface area contributed by atoms with E-state index in [1.165, 1.54) is 0 Å². The van der Waals surface area contributed by atoms with Gasteiger partial charge < -0.3 is 10.6 Å². The number of rotatable bonds is 3. The number of nitrogens with two attached hydrogens (primary N) is 1. The van der Waals surface area contributed by atoms with E-state index in [0.29, 0.717) is 12.2 Å². The van der Waals surface area contributed by atoms with Crippen LogP contribution in [-0.2, 0) is 6.54 Å². The number of anilines is 1. The number of nitrogens with zero attached hydrogens (tertiary/aromatic N) is 3. The summed E-state index contributed by atoms with van der Waals surface area (Å²) in [5, 5.41) is 0. The molecule has 2 aromatic heterocycles. The van der Waals surface area contributed by atoms with Gasteiger partial charge in [0.05, 0.1) is 17.9 Å². The molecule has 0 radical (unpaired) electrons. The Labute approximate surface area is 112 Å². The zero-order valence-electron chi connectivity index (χ0n) is 11.0. The molecule has 0 aliphatic heterocycles. The molecule has 0 aromatic carbocycles. The van der Waals surface area contributed by atoms with Crippen molar-refractivity contribution < 1.29 is 4.79 Å². The second-order valence-corrected chi connectivity index (χ2v) is 4.37. The highest BCUT2D eigenvalue weighted by molar-refractivity contribution is 5.96. The van der Waals surface area contributed by atoms with Gasteiger partial charge in [-0.3, -0.25) is 9.78 Å². The van der Waals surface area contributed by atoms with E-state index in [0.717, 1.165) is 11.4 Å². The van der Waals surface area contributed by atoms with Gasteiger partial charge in [0.25, 0.3) is 5.91 Å². The molecule has 0 unspecified atom stereocenters. The fourth-order valence-electron chi connectivity index (χ4n) is 1.78. The maximum Gasteiger partial charge on any atom is 0.274 e. The molecule has 2 N–H and O–H groups in total. The number of pyridine rings is 2. The van der Waals surface area contributed by atoms with Crippen molar-refractivity contribution in [2.45, 2.75) is 13.5 Å². The van der Waals surface area contributed by atoms with Crippen molar-refractivity contribution in [3.8, 4) is 0 Å². The molecule has 5 heteroatoms. The van der Waals surface area contributed by atoms with Crippen molar-refractivity contribution in [1.82, 2.24) is 14.9 Å². The lowest BCUT2D eigenvalue weighted by atomic mass is 10.2. The van der Waals surface area contributed by atoms with Gasteiger partial charge in [0.15, 0.2) is 5.69 Å².